The van der Waals surface area contributed by atoms with Gasteiger partial charge in [-0.1, -0.05) is 24.3 Å². The molecule has 0 bridgehead atoms. The Morgan fingerprint density at radius 2 is 2.10 bits per heavy atom. The van der Waals surface area contributed by atoms with Crippen LogP contribution in [-0.4, -0.2) is 21.2 Å². The number of halogens is 1. The minimum atomic E-state index is -1.11. The van der Waals surface area contributed by atoms with E-state index in [1.807, 2.05) is 25.1 Å². The largest absolute Gasteiger partial charge is 0.485 e. The van der Waals surface area contributed by atoms with E-state index in [2.05, 4.69) is 4.98 Å². The number of carboxylic acid groups (broad SMARTS) is 1. The minimum absolute atomic E-state index is 0.334. The zero-order chi connectivity index (χ0) is 21.3. The van der Waals surface area contributed by atoms with E-state index in [9.17, 15) is 14.3 Å². The van der Waals surface area contributed by atoms with Crippen LogP contribution >= 0.6 is 0 Å². The number of ether oxygens (including phenoxy) is 1. The molecule has 6 heteroatoms. The predicted octanol–water partition coefficient (Wildman–Crippen LogP) is 4.77. The standard InChI is InChI=1S/C24H22FNO4/c1-14-13-26-9-8-18(14)16-4-6-19(20(25)10-16)22-7-5-15-2-3-17(11-23(15)30-22)21(27)12-24(28)29/h2-4,6,8-11,13,21-22,27H,5,7,12H2,1H3,(H,28,29)/t21-,22?/m1/s1. The quantitative estimate of drug-likeness (QED) is 0.637. The maximum absolute atomic E-state index is 15.0. The molecule has 0 saturated carbocycles. The highest BCUT2D eigenvalue weighted by Gasteiger charge is 2.25. The molecule has 2 atom stereocenters. The van der Waals surface area contributed by atoms with Crippen molar-refractivity contribution in [2.75, 3.05) is 0 Å². The first-order valence-corrected chi connectivity index (χ1v) is 9.82. The van der Waals surface area contributed by atoms with Crippen molar-refractivity contribution in [3.05, 3.63) is 82.9 Å². The topological polar surface area (TPSA) is 79.7 Å². The highest BCUT2D eigenvalue weighted by atomic mass is 19.1. The number of rotatable bonds is 5. The number of aliphatic hydroxyl groups excluding tert-OH is 1. The summed E-state index contributed by atoms with van der Waals surface area (Å²) in [6, 6.07) is 12.2. The Hall–Kier alpha value is -3.25. The normalized spacial score (nSPS) is 16.4. The molecular formula is C24H22FNO4. The molecule has 0 spiro atoms. The zero-order valence-electron chi connectivity index (χ0n) is 16.5. The van der Waals surface area contributed by atoms with E-state index < -0.39 is 18.2 Å². The summed E-state index contributed by atoms with van der Waals surface area (Å²) in [6.45, 7) is 1.94. The van der Waals surface area contributed by atoms with Crippen LogP contribution in [0.5, 0.6) is 5.75 Å². The van der Waals surface area contributed by atoms with E-state index in [1.54, 1.807) is 30.6 Å². The lowest BCUT2D eigenvalue weighted by Crippen LogP contribution is -2.17. The lowest BCUT2D eigenvalue weighted by molar-refractivity contribution is -0.139. The lowest BCUT2D eigenvalue weighted by Gasteiger charge is -2.27. The van der Waals surface area contributed by atoms with Crippen molar-refractivity contribution >= 4 is 5.97 Å². The smallest absolute Gasteiger partial charge is 0.306 e. The second kappa shape index (κ2) is 8.24. The fourth-order valence-electron chi connectivity index (χ4n) is 3.85. The van der Waals surface area contributed by atoms with Gasteiger partial charge < -0.3 is 14.9 Å². The first kappa shape index (κ1) is 20.0. The molecule has 0 amide bonds. The highest BCUT2D eigenvalue weighted by Crippen LogP contribution is 2.38. The maximum atomic E-state index is 15.0. The molecule has 3 aromatic rings. The van der Waals surface area contributed by atoms with Crippen LogP contribution in [0.15, 0.2) is 54.9 Å². The number of hydrogen-bond acceptors (Lipinski definition) is 4. The summed E-state index contributed by atoms with van der Waals surface area (Å²) in [5.41, 5.74) is 4.60. The van der Waals surface area contributed by atoms with Crippen molar-refractivity contribution in [1.29, 1.82) is 0 Å². The van der Waals surface area contributed by atoms with E-state index in [-0.39, 0.29) is 12.2 Å². The number of carbonyl (C=O) groups is 1. The van der Waals surface area contributed by atoms with Gasteiger partial charge in [0.25, 0.3) is 0 Å². The van der Waals surface area contributed by atoms with Crippen molar-refractivity contribution in [2.24, 2.45) is 0 Å². The molecule has 1 unspecified atom stereocenters. The molecule has 0 saturated heterocycles. The van der Waals surface area contributed by atoms with Crippen molar-refractivity contribution in [3.63, 3.8) is 0 Å². The van der Waals surface area contributed by atoms with Crippen molar-refractivity contribution < 1.29 is 24.1 Å². The monoisotopic (exact) mass is 407 g/mol. The summed E-state index contributed by atoms with van der Waals surface area (Å²) in [5.74, 6) is -0.855. The number of aliphatic hydroxyl groups is 1. The number of hydrogen-bond donors (Lipinski definition) is 2. The van der Waals surface area contributed by atoms with Gasteiger partial charge in [0.05, 0.1) is 12.5 Å². The molecule has 0 aliphatic carbocycles. The van der Waals surface area contributed by atoms with Gasteiger partial charge in [-0.25, -0.2) is 4.39 Å². The molecule has 154 valence electrons. The molecule has 0 fully saturated rings. The first-order valence-electron chi connectivity index (χ1n) is 9.82. The third kappa shape index (κ3) is 4.04. The Balaban J connectivity index is 1.58. The summed E-state index contributed by atoms with van der Waals surface area (Å²) in [7, 11) is 0. The minimum Gasteiger partial charge on any atom is -0.485 e. The van der Waals surface area contributed by atoms with E-state index in [0.29, 0.717) is 29.7 Å². The summed E-state index contributed by atoms with van der Waals surface area (Å²) in [4.78, 5) is 14.9. The molecular weight excluding hydrogens is 385 g/mol. The van der Waals surface area contributed by atoms with E-state index in [4.69, 9.17) is 9.84 Å². The highest BCUT2D eigenvalue weighted by molar-refractivity contribution is 5.68. The fourth-order valence-corrected chi connectivity index (χ4v) is 3.85. The Kier molecular flexibility index (Phi) is 5.50. The van der Waals surface area contributed by atoms with Gasteiger partial charge >= 0.3 is 5.97 Å². The number of aromatic nitrogens is 1. The van der Waals surface area contributed by atoms with Crippen LogP contribution in [0.4, 0.5) is 4.39 Å². The number of fused-ring (bicyclic) bond motifs is 1. The number of benzene rings is 2. The summed E-state index contributed by atoms with van der Waals surface area (Å²) < 4.78 is 21.0. The van der Waals surface area contributed by atoms with Gasteiger partial charge in [0.2, 0.25) is 0 Å². The van der Waals surface area contributed by atoms with Crippen LogP contribution in [0.3, 0.4) is 0 Å². The summed E-state index contributed by atoms with van der Waals surface area (Å²) in [6.07, 6.45) is 2.83. The molecule has 1 aliphatic heterocycles. The molecule has 0 radical (unpaired) electrons. The number of aryl methyl sites for hydroxylation is 2. The molecule has 1 aliphatic rings. The lowest BCUT2D eigenvalue weighted by atomic mass is 9.93. The molecule has 2 N–H and O–H groups in total. The second-order valence-electron chi connectivity index (χ2n) is 7.55. The molecule has 4 rings (SSSR count). The number of aliphatic carboxylic acids is 1. The number of nitrogens with zero attached hydrogens (tertiary/aromatic N) is 1. The number of pyridine rings is 1. The van der Waals surface area contributed by atoms with Gasteiger partial charge in [0.15, 0.2) is 0 Å². The van der Waals surface area contributed by atoms with Gasteiger partial charge in [-0.3, -0.25) is 9.78 Å². The van der Waals surface area contributed by atoms with Crippen LogP contribution in [0.1, 0.15) is 47.3 Å². The second-order valence-corrected chi connectivity index (χ2v) is 7.55. The SMILES string of the molecule is Cc1cnccc1-c1ccc(C2CCc3ccc([C@H](O)CC(=O)O)cc3O2)c(F)c1. The van der Waals surface area contributed by atoms with E-state index in [1.165, 1.54) is 6.07 Å². The Morgan fingerprint density at radius 3 is 2.83 bits per heavy atom. The van der Waals surface area contributed by atoms with Gasteiger partial charge in [-0.05, 0) is 65.8 Å². The third-order valence-corrected chi connectivity index (χ3v) is 5.47. The van der Waals surface area contributed by atoms with Crippen molar-refractivity contribution in [2.45, 2.75) is 38.4 Å². The molecule has 2 aromatic carbocycles. The zero-order valence-corrected chi connectivity index (χ0v) is 16.5. The molecule has 5 nitrogen and oxygen atoms in total. The van der Waals surface area contributed by atoms with Crippen LogP contribution in [0.25, 0.3) is 11.1 Å². The number of carboxylic acids is 1. The van der Waals surface area contributed by atoms with Crippen LogP contribution < -0.4 is 4.74 Å². The third-order valence-electron chi connectivity index (χ3n) is 5.47. The Labute approximate surface area is 173 Å². The average Bonchev–Trinajstić information content (AvgIpc) is 2.72. The molecule has 1 aromatic heterocycles. The van der Waals surface area contributed by atoms with Gasteiger partial charge in [0.1, 0.15) is 17.7 Å². The van der Waals surface area contributed by atoms with Gasteiger partial charge in [0, 0.05) is 18.0 Å². The first-order chi connectivity index (χ1) is 14.4. The van der Waals surface area contributed by atoms with Crippen LogP contribution in [0, 0.1) is 12.7 Å². The van der Waals surface area contributed by atoms with Crippen molar-refractivity contribution in [1.82, 2.24) is 4.98 Å². The Morgan fingerprint density at radius 1 is 1.27 bits per heavy atom. The van der Waals surface area contributed by atoms with Gasteiger partial charge in [-0.15, -0.1) is 0 Å². The Bertz CT molecular complexity index is 1100. The molecule has 30 heavy (non-hydrogen) atoms. The van der Waals surface area contributed by atoms with E-state index >= 15 is 0 Å². The van der Waals surface area contributed by atoms with Crippen LogP contribution in [-0.2, 0) is 11.2 Å². The molecule has 2 heterocycles. The van der Waals surface area contributed by atoms with Crippen LogP contribution in [0.2, 0.25) is 0 Å². The van der Waals surface area contributed by atoms with E-state index in [0.717, 1.165) is 22.3 Å². The predicted molar refractivity (Wildman–Crippen MR) is 110 cm³/mol. The fraction of sp³-hybridized carbons (Fsp3) is 0.250. The maximum Gasteiger partial charge on any atom is 0.306 e. The summed E-state index contributed by atoms with van der Waals surface area (Å²) >= 11 is 0. The summed E-state index contributed by atoms with van der Waals surface area (Å²) in [5, 5.41) is 19.0. The van der Waals surface area contributed by atoms with Crippen molar-refractivity contribution in [3.8, 4) is 16.9 Å². The average molecular weight is 407 g/mol. The van der Waals surface area contributed by atoms with Gasteiger partial charge in [-0.2, -0.15) is 0 Å².